The highest BCUT2D eigenvalue weighted by molar-refractivity contribution is 6.44. The molecule has 116 valence electrons. The van der Waals surface area contributed by atoms with Gasteiger partial charge in [-0.1, -0.05) is 47.0 Å². The molecule has 1 aromatic carbocycles. The monoisotopic (exact) mass is 358 g/mol. The average Bonchev–Trinajstić information content (AvgIpc) is 2.74. The van der Waals surface area contributed by atoms with E-state index >= 15 is 0 Å². The van der Waals surface area contributed by atoms with Gasteiger partial charge in [0.15, 0.2) is 0 Å². The summed E-state index contributed by atoms with van der Waals surface area (Å²) in [5.74, 6) is -0.485. The average molecular weight is 360 g/mol. The largest absolute Gasteiger partial charge is 0.299 e. The first-order chi connectivity index (χ1) is 10.4. The van der Waals surface area contributed by atoms with Crippen LogP contribution in [0.4, 0.5) is 0 Å². The molecule has 7 heteroatoms. The summed E-state index contributed by atoms with van der Waals surface area (Å²) in [7, 11) is 0. The summed E-state index contributed by atoms with van der Waals surface area (Å²) in [5.41, 5.74) is 0.266. The van der Waals surface area contributed by atoms with E-state index < -0.39 is 11.3 Å². The van der Waals surface area contributed by atoms with Crippen molar-refractivity contribution in [1.29, 1.82) is 0 Å². The fraction of sp³-hybridized carbons (Fsp3) is 0.200. The summed E-state index contributed by atoms with van der Waals surface area (Å²) in [6, 6.07) is 2.76. The second-order valence-electron chi connectivity index (χ2n) is 4.67. The van der Waals surface area contributed by atoms with E-state index in [1.54, 1.807) is 13.0 Å². The summed E-state index contributed by atoms with van der Waals surface area (Å²) in [6.45, 7) is 3.87. The first-order valence-corrected chi connectivity index (χ1v) is 7.60. The SMILES string of the molecule is C/C=C/Cn1[nH]c(C)c(C(=O)c2cc(Cl)c(Cl)cc2Cl)c1=O. The van der Waals surface area contributed by atoms with Crippen molar-refractivity contribution in [1.82, 2.24) is 9.78 Å². The van der Waals surface area contributed by atoms with Crippen LogP contribution >= 0.6 is 34.8 Å². The number of nitrogens with one attached hydrogen (secondary N) is 1. The summed E-state index contributed by atoms with van der Waals surface area (Å²) in [5, 5.41) is 3.48. The summed E-state index contributed by atoms with van der Waals surface area (Å²) in [6.07, 6.45) is 3.62. The van der Waals surface area contributed by atoms with E-state index in [-0.39, 0.29) is 26.2 Å². The van der Waals surface area contributed by atoms with Crippen molar-refractivity contribution in [3.63, 3.8) is 0 Å². The Kier molecular flexibility index (Phi) is 5.16. The zero-order valence-electron chi connectivity index (χ0n) is 11.9. The first-order valence-electron chi connectivity index (χ1n) is 6.46. The zero-order chi connectivity index (χ0) is 16.4. The molecule has 0 aliphatic carbocycles. The molecule has 22 heavy (non-hydrogen) atoms. The molecular weight excluding hydrogens is 347 g/mol. The minimum atomic E-state index is -0.485. The number of carbonyl (C=O) groups excluding carboxylic acids is 1. The Hall–Kier alpha value is -1.49. The number of allylic oxidation sites excluding steroid dienone is 2. The smallest absolute Gasteiger partial charge is 0.278 e. The quantitative estimate of drug-likeness (QED) is 0.504. The summed E-state index contributed by atoms with van der Waals surface area (Å²) in [4.78, 5) is 25.0. The van der Waals surface area contributed by atoms with E-state index in [0.717, 1.165) is 0 Å². The number of benzene rings is 1. The van der Waals surface area contributed by atoms with Crippen LogP contribution in [-0.4, -0.2) is 15.6 Å². The number of aryl methyl sites for hydroxylation is 1. The fourth-order valence-corrected chi connectivity index (χ4v) is 2.68. The summed E-state index contributed by atoms with van der Waals surface area (Å²) >= 11 is 17.8. The Morgan fingerprint density at radius 2 is 1.86 bits per heavy atom. The van der Waals surface area contributed by atoms with Gasteiger partial charge in [0, 0.05) is 11.3 Å². The van der Waals surface area contributed by atoms with E-state index in [1.165, 1.54) is 16.8 Å². The van der Waals surface area contributed by atoms with Crippen LogP contribution in [0.3, 0.4) is 0 Å². The Labute approximate surface area is 142 Å². The lowest BCUT2D eigenvalue weighted by atomic mass is 10.0. The van der Waals surface area contributed by atoms with Crippen molar-refractivity contribution < 1.29 is 4.79 Å². The van der Waals surface area contributed by atoms with E-state index in [2.05, 4.69) is 5.10 Å². The van der Waals surface area contributed by atoms with Crippen molar-refractivity contribution in [3.05, 3.63) is 66.5 Å². The van der Waals surface area contributed by atoms with Crippen LogP contribution in [0.25, 0.3) is 0 Å². The molecular formula is C15H13Cl3N2O2. The molecule has 0 atom stereocenters. The number of ketones is 1. The second kappa shape index (κ2) is 6.73. The molecule has 0 radical (unpaired) electrons. The van der Waals surface area contributed by atoms with Gasteiger partial charge in [0.05, 0.1) is 21.6 Å². The number of hydrogen-bond acceptors (Lipinski definition) is 2. The van der Waals surface area contributed by atoms with Crippen LogP contribution in [0.1, 0.15) is 28.5 Å². The maximum absolute atomic E-state index is 12.6. The third kappa shape index (κ3) is 3.14. The Balaban J connectivity index is 2.53. The molecule has 0 saturated heterocycles. The van der Waals surface area contributed by atoms with Crippen molar-refractivity contribution in [2.24, 2.45) is 0 Å². The van der Waals surface area contributed by atoms with Crippen molar-refractivity contribution in [3.8, 4) is 0 Å². The lowest BCUT2D eigenvalue weighted by molar-refractivity contribution is 0.103. The van der Waals surface area contributed by atoms with Crippen LogP contribution < -0.4 is 5.56 Å². The van der Waals surface area contributed by atoms with Crippen LogP contribution in [0.15, 0.2) is 29.1 Å². The van der Waals surface area contributed by atoms with E-state index in [9.17, 15) is 9.59 Å². The summed E-state index contributed by atoms with van der Waals surface area (Å²) < 4.78 is 1.36. The third-order valence-corrected chi connectivity index (χ3v) is 4.18. The fourth-order valence-electron chi connectivity index (χ4n) is 2.04. The highest BCUT2D eigenvalue weighted by Gasteiger charge is 2.22. The molecule has 0 unspecified atom stereocenters. The van der Waals surface area contributed by atoms with Gasteiger partial charge in [-0.15, -0.1) is 0 Å². The number of hydrogen-bond donors (Lipinski definition) is 1. The first kappa shape index (κ1) is 16.9. The van der Waals surface area contributed by atoms with Crippen LogP contribution in [0.2, 0.25) is 15.1 Å². The molecule has 0 aliphatic rings. The van der Waals surface area contributed by atoms with Gasteiger partial charge >= 0.3 is 0 Å². The highest BCUT2D eigenvalue weighted by atomic mass is 35.5. The van der Waals surface area contributed by atoms with Gasteiger partial charge < -0.3 is 0 Å². The highest BCUT2D eigenvalue weighted by Crippen LogP contribution is 2.30. The van der Waals surface area contributed by atoms with E-state index in [1.807, 2.05) is 13.0 Å². The Morgan fingerprint density at radius 1 is 1.23 bits per heavy atom. The Bertz CT molecular complexity index is 819. The van der Waals surface area contributed by atoms with Gasteiger partial charge in [-0.3, -0.25) is 14.7 Å². The van der Waals surface area contributed by atoms with Crippen LogP contribution in [0, 0.1) is 6.92 Å². The second-order valence-corrected chi connectivity index (χ2v) is 5.89. The predicted molar refractivity (Wildman–Crippen MR) is 89.5 cm³/mol. The zero-order valence-corrected chi connectivity index (χ0v) is 14.2. The lowest BCUT2D eigenvalue weighted by Crippen LogP contribution is -2.21. The molecule has 0 fully saturated rings. The molecule has 0 saturated carbocycles. The van der Waals surface area contributed by atoms with Gasteiger partial charge in [-0.25, -0.2) is 4.68 Å². The van der Waals surface area contributed by atoms with Crippen molar-refractivity contribution in [2.45, 2.75) is 20.4 Å². The number of nitrogens with zero attached hydrogens (tertiary/aromatic N) is 1. The van der Waals surface area contributed by atoms with Gasteiger partial charge in [0.1, 0.15) is 5.56 Å². The van der Waals surface area contributed by atoms with E-state index in [0.29, 0.717) is 12.2 Å². The molecule has 2 aromatic rings. The van der Waals surface area contributed by atoms with E-state index in [4.69, 9.17) is 34.8 Å². The number of H-pyrrole nitrogens is 1. The minimum absolute atomic E-state index is 0.0461. The number of aromatic nitrogens is 2. The molecule has 1 aromatic heterocycles. The maximum Gasteiger partial charge on any atom is 0.278 e. The Morgan fingerprint density at radius 3 is 2.50 bits per heavy atom. The van der Waals surface area contributed by atoms with Gasteiger partial charge in [-0.05, 0) is 26.0 Å². The number of rotatable bonds is 4. The molecule has 0 bridgehead atoms. The number of carbonyl (C=O) groups is 1. The van der Waals surface area contributed by atoms with Gasteiger partial charge in [0.25, 0.3) is 5.56 Å². The molecule has 1 heterocycles. The molecule has 1 N–H and O–H groups in total. The number of aromatic amines is 1. The van der Waals surface area contributed by atoms with Crippen molar-refractivity contribution >= 4 is 40.6 Å². The molecule has 0 spiro atoms. The standard InChI is InChI=1S/C15H13Cl3N2O2/c1-3-4-5-20-15(22)13(8(2)19-20)14(21)9-6-11(17)12(18)7-10(9)16/h3-4,6-7,19H,5H2,1-2H3/b4-3+. The molecule has 4 nitrogen and oxygen atoms in total. The van der Waals surface area contributed by atoms with Crippen LogP contribution in [-0.2, 0) is 6.54 Å². The normalized spacial score (nSPS) is 11.3. The molecule has 2 rings (SSSR count). The topological polar surface area (TPSA) is 54.9 Å². The van der Waals surface area contributed by atoms with Crippen LogP contribution in [0.5, 0.6) is 0 Å². The van der Waals surface area contributed by atoms with Crippen molar-refractivity contribution in [2.75, 3.05) is 0 Å². The maximum atomic E-state index is 12.6. The lowest BCUT2D eigenvalue weighted by Gasteiger charge is -2.04. The third-order valence-electron chi connectivity index (χ3n) is 3.14. The molecule has 0 amide bonds. The van der Waals surface area contributed by atoms with Gasteiger partial charge in [-0.2, -0.15) is 0 Å². The molecule has 0 aliphatic heterocycles. The number of halogens is 3. The minimum Gasteiger partial charge on any atom is -0.299 e. The predicted octanol–water partition coefficient (Wildman–Crippen LogP) is 4.25. The van der Waals surface area contributed by atoms with Gasteiger partial charge in [0.2, 0.25) is 5.78 Å².